The molecule has 0 saturated carbocycles. The molecule has 0 radical (unpaired) electrons. The van der Waals surface area contributed by atoms with Crippen molar-refractivity contribution in [2.24, 2.45) is 0 Å². The molecule has 0 unspecified atom stereocenters. The minimum Gasteiger partial charge on any atom is -0.496 e. The first-order chi connectivity index (χ1) is 14.1. The van der Waals surface area contributed by atoms with Crippen LogP contribution in [0.3, 0.4) is 0 Å². The molecule has 0 spiro atoms. The smallest absolute Gasteiger partial charge is 0.259 e. The Hall–Kier alpha value is -3.34. The van der Waals surface area contributed by atoms with Crippen molar-refractivity contribution in [2.45, 2.75) is 20.3 Å². The standard InChI is InChI=1S/C24H27N3O2/c1-4-27(21-10-7-8-18(2)16-21)24(28)20-12-13-23(26-17-20)25-15-14-19-9-5-6-11-22(19)29-3/h5-13,16-17H,4,14-15H2,1-3H3,(H,25,26). The molecule has 5 heteroatoms. The number of anilines is 2. The van der Waals surface area contributed by atoms with Gasteiger partial charge in [0.1, 0.15) is 11.6 Å². The second kappa shape index (κ2) is 9.73. The van der Waals surface area contributed by atoms with Crippen molar-refractivity contribution >= 4 is 17.4 Å². The highest BCUT2D eigenvalue weighted by atomic mass is 16.5. The van der Waals surface area contributed by atoms with Gasteiger partial charge in [0, 0.05) is 25.0 Å². The monoisotopic (exact) mass is 389 g/mol. The summed E-state index contributed by atoms with van der Waals surface area (Å²) in [6.45, 7) is 5.32. The second-order valence-electron chi connectivity index (χ2n) is 6.81. The number of para-hydroxylation sites is 1. The number of carbonyl (C=O) groups is 1. The van der Waals surface area contributed by atoms with E-state index in [0.29, 0.717) is 12.1 Å². The molecule has 0 saturated heterocycles. The van der Waals surface area contributed by atoms with Crippen molar-refractivity contribution in [1.29, 1.82) is 0 Å². The summed E-state index contributed by atoms with van der Waals surface area (Å²) in [6, 6.07) is 19.6. The SMILES string of the molecule is CCN(C(=O)c1ccc(NCCc2ccccc2OC)nc1)c1cccc(C)c1. The number of rotatable bonds is 8. The molecule has 0 fully saturated rings. The van der Waals surface area contributed by atoms with Gasteiger partial charge in [0.05, 0.1) is 12.7 Å². The van der Waals surface area contributed by atoms with Crippen molar-refractivity contribution in [3.05, 3.63) is 83.6 Å². The zero-order valence-electron chi connectivity index (χ0n) is 17.2. The zero-order chi connectivity index (χ0) is 20.6. The van der Waals surface area contributed by atoms with Crippen LogP contribution in [-0.4, -0.2) is 31.1 Å². The molecule has 1 amide bonds. The maximum Gasteiger partial charge on any atom is 0.259 e. The Balaban J connectivity index is 1.62. The number of nitrogens with zero attached hydrogens (tertiary/aromatic N) is 2. The van der Waals surface area contributed by atoms with E-state index in [-0.39, 0.29) is 5.91 Å². The normalized spacial score (nSPS) is 10.4. The van der Waals surface area contributed by atoms with Gasteiger partial charge in [-0.1, -0.05) is 30.3 Å². The third kappa shape index (κ3) is 5.13. The van der Waals surface area contributed by atoms with Crippen molar-refractivity contribution in [1.82, 2.24) is 4.98 Å². The first-order valence-electron chi connectivity index (χ1n) is 9.82. The molecule has 0 atom stereocenters. The van der Waals surface area contributed by atoms with Crippen molar-refractivity contribution in [3.63, 3.8) is 0 Å². The fourth-order valence-electron chi connectivity index (χ4n) is 3.25. The summed E-state index contributed by atoms with van der Waals surface area (Å²) in [7, 11) is 1.68. The summed E-state index contributed by atoms with van der Waals surface area (Å²) in [6.07, 6.45) is 2.45. The van der Waals surface area contributed by atoms with Crippen LogP contribution in [0.2, 0.25) is 0 Å². The van der Waals surface area contributed by atoms with Gasteiger partial charge in [-0.3, -0.25) is 4.79 Å². The van der Waals surface area contributed by atoms with E-state index in [2.05, 4.69) is 16.4 Å². The Morgan fingerprint density at radius 1 is 1.10 bits per heavy atom. The molecule has 0 aliphatic carbocycles. The number of nitrogens with one attached hydrogen (secondary N) is 1. The van der Waals surface area contributed by atoms with Gasteiger partial charge in [-0.2, -0.15) is 0 Å². The Morgan fingerprint density at radius 2 is 1.93 bits per heavy atom. The summed E-state index contributed by atoms with van der Waals surface area (Å²) in [5.41, 5.74) is 3.74. The summed E-state index contributed by atoms with van der Waals surface area (Å²) in [5.74, 6) is 1.58. The van der Waals surface area contributed by atoms with E-state index in [1.807, 2.05) is 68.4 Å². The fraction of sp³-hybridized carbons (Fsp3) is 0.250. The number of aromatic nitrogens is 1. The second-order valence-corrected chi connectivity index (χ2v) is 6.81. The number of carbonyl (C=O) groups excluding carboxylic acids is 1. The van der Waals surface area contributed by atoms with E-state index in [1.165, 1.54) is 0 Å². The summed E-state index contributed by atoms with van der Waals surface area (Å²) < 4.78 is 5.38. The van der Waals surface area contributed by atoms with Crippen LogP contribution in [0.1, 0.15) is 28.4 Å². The zero-order valence-corrected chi connectivity index (χ0v) is 17.2. The lowest BCUT2D eigenvalue weighted by Gasteiger charge is -2.21. The molecular weight excluding hydrogens is 362 g/mol. The van der Waals surface area contributed by atoms with Crippen LogP contribution in [-0.2, 0) is 6.42 Å². The largest absolute Gasteiger partial charge is 0.496 e. The van der Waals surface area contributed by atoms with Crippen LogP contribution in [0, 0.1) is 6.92 Å². The number of benzene rings is 2. The van der Waals surface area contributed by atoms with Crippen LogP contribution >= 0.6 is 0 Å². The minimum absolute atomic E-state index is 0.0498. The highest BCUT2D eigenvalue weighted by Crippen LogP contribution is 2.20. The van der Waals surface area contributed by atoms with E-state index in [1.54, 1.807) is 18.2 Å². The Morgan fingerprint density at radius 3 is 2.62 bits per heavy atom. The number of hydrogen-bond acceptors (Lipinski definition) is 4. The van der Waals surface area contributed by atoms with Crippen molar-refractivity contribution < 1.29 is 9.53 Å². The van der Waals surface area contributed by atoms with Crippen LogP contribution < -0.4 is 15.0 Å². The van der Waals surface area contributed by atoms with Crippen LogP contribution in [0.15, 0.2) is 66.9 Å². The topological polar surface area (TPSA) is 54.5 Å². The molecule has 1 heterocycles. The van der Waals surface area contributed by atoms with Gasteiger partial charge >= 0.3 is 0 Å². The molecule has 0 bridgehead atoms. The van der Waals surface area contributed by atoms with Gasteiger partial charge in [-0.25, -0.2) is 4.98 Å². The van der Waals surface area contributed by atoms with E-state index in [4.69, 9.17) is 4.74 Å². The molecule has 1 aromatic heterocycles. The number of methoxy groups -OCH3 is 1. The predicted octanol–water partition coefficient (Wildman–Crippen LogP) is 4.72. The molecule has 5 nitrogen and oxygen atoms in total. The average molecular weight is 389 g/mol. The van der Waals surface area contributed by atoms with Gasteiger partial charge in [-0.05, 0) is 61.7 Å². The first kappa shape index (κ1) is 20.4. The third-order valence-corrected chi connectivity index (χ3v) is 4.78. The molecular formula is C24H27N3O2. The lowest BCUT2D eigenvalue weighted by atomic mass is 10.1. The van der Waals surface area contributed by atoms with Gasteiger partial charge in [0.2, 0.25) is 0 Å². The highest BCUT2D eigenvalue weighted by Gasteiger charge is 2.16. The fourth-order valence-corrected chi connectivity index (χ4v) is 3.25. The van der Waals surface area contributed by atoms with Crippen LogP contribution in [0.4, 0.5) is 11.5 Å². The molecule has 1 N–H and O–H groups in total. The Labute approximate surface area is 172 Å². The molecule has 150 valence electrons. The van der Waals surface area contributed by atoms with Crippen molar-refractivity contribution in [2.75, 3.05) is 30.4 Å². The molecule has 29 heavy (non-hydrogen) atoms. The molecule has 0 aliphatic rings. The van der Waals surface area contributed by atoms with E-state index >= 15 is 0 Å². The maximum atomic E-state index is 12.9. The van der Waals surface area contributed by atoms with Gasteiger partial charge < -0.3 is 15.0 Å². The van der Waals surface area contributed by atoms with E-state index in [9.17, 15) is 4.79 Å². The number of hydrogen-bond donors (Lipinski definition) is 1. The average Bonchev–Trinajstić information content (AvgIpc) is 2.75. The van der Waals surface area contributed by atoms with Crippen molar-refractivity contribution in [3.8, 4) is 5.75 Å². The lowest BCUT2D eigenvalue weighted by molar-refractivity contribution is 0.0988. The van der Waals surface area contributed by atoms with Crippen LogP contribution in [0.5, 0.6) is 5.75 Å². The molecule has 0 aliphatic heterocycles. The van der Waals surface area contributed by atoms with E-state index < -0.39 is 0 Å². The lowest BCUT2D eigenvalue weighted by Crippen LogP contribution is -2.30. The Bertz CT molecular complexity index is 954. The minimum atomic E-state index is -0.0498. The van der Waals surface area contributed by atoms with Gasteiger partial charge in [0.25, 0.3) is 5.91 Å². The summed E-state index contributed by atoms with van der Waals surface area (Å²) in [4.78, 5) is 19.1. The molecule has 3 rings (SSSR count). The Kier molecular flexibility index (Phi) is 6.85. The number of aryl methyl sites for hydroxylation is 1. The maximum absolute atomic E-state index is 12.9. The quantitative estimate of drug-likeness (QED) is 0.606. The number of ether oxygens (including phenoxy) is 1. The van der Waals surface area contributed by atoms with Crippen LogP contribution in [0.25, 0.3) is 0 Å². The summed E-state index contributed by atoms with van der Waals surface area (Å²) >= 11 is 0. The first-order valence-corrected chi connectivity index (χ1v) is 9.82. The molecule has 2 aromatic carbocycles. The van der Waals surface area contributed by atoms with Gasteiger partial charge in [-0.15, -0.1) is 0 Å². The third-order valence-electron chi connectivity index (χ3n) is 4.78. The van der Waals surface area contributed by atoms with E-state index in [0.717, 1.165) is 41.3 Å². The van der Waals surface area contributed by atoms with Gasteiger partial charge in [0.15, 0.2) is 0 Å². The number of pyridine rings is 1. The highest BCUT2D eigenvalue weighted by molar-refractivity contribution is 6.06. The summed E-state index contributed by atoms with van der Waals surface area (Å²) in [5, 5.41) is 3.30. The molecule has 3 aromatic rings. The number of amides is 1. The predicted molar refractivity (Wildman–Crippen MR) is 118 cm³/mol.